The lowest BCUT2D eigenvalue weighted by molar-refractivity contribution is 0.102. The van der Waals surface area contributed by atoms with Gasteiger partial charge in [0.1, 0.15) is 26.5 Å². The van der Waals surface area contributed by atoms with Gasteiger partial charge >= 0.3 is 5.63 Å². The Bertz CT molecular complexity index is 1450. The normalized spacial score (nSPS) is 11.1. The highest BCUT2D eigenvalue weighted by molar-refractivity contribution is 7.21. The number of hydrogen-bond acceptors (Lipinski definition) is 6. The topological polar surface area (TPSA) is 85.1 Å². The van der Waals surface area contributed by atoms with Gasteiger partial charge in [0.05, 0.1) is 0 Å². The second-order valence-corrected chi connectivity index (χ2v) is 7.79. The molecule has 3 aromatic heterocycles. The van der Waals surface area contributed by atoms with Crippen molar-refractivity contribution in [2.45, 2.75) is 6.92 Å². The number of nitrogens with one attached hydrogen (secondary N) is 1. The molecule has 1 amide bonds. The molecule has 0 saturated carbocycles. The first-order valence-corrected chi connectivity index (χ1v) is 10.1. The average Bonchev–Trinajstić information content (AvgIpc) is 3.19. The summed E-state index contributed by atoms with van der Waals surface area (Å²) in [5, 5.41) is 4.34. The standard InChI is InChI=1S/C23H15N3O3S/c1-13-8-9-15(21-26-17-6-4-10-24-22(17)30-21)12-18(13)25-20(27)16-11-14-5-2-3-7-19(14)29-23(16)28/h2-12H,1H3,(H,25,27). The second-order valence-electron chi connectivity index (χ2n) is 6.82. The largest absolute Gasteiger partial charge is 0.422 e. The molecule has 0 aliphatic rings. The van der Waals surface area contributed by atoms with Crippen molar-refractivity contribution in [2.75, 3.05) is 5.32 Å². The number of amides is 1. The summed E-state index contributed by atoms with van der Waals surface area (Å²) >= 11 is 1.48. The summed E-state index contributed by atoms with van der Waals surface area (Å²) in [6.07, 6.45) is 1.74. The summed E-state index contributed by atoms with van der Waals surface area (Å²) in [7, 11) is 0. The number of pyridine rings is 1. The fraction of sp³-hybridized carbons (Fsp3) is 0.0435. The van der Waals surface area contributed by atoms with E-state index in [1.807, 2.05) is 43.3 Å². The number of benzene rings is 2. The third kappa shape index (κ3) is 3.25. The second kappa shape index (κ2) is 7.20. The van der Waals surface area contributed by atoms with E-state index in [0.29, 0.717) is 16.7 Å². The number of carbonyl (C=O) groups is 1. The maximum atomic E-state index is 12.8. The van der Waals surface area contributed by atoms with E-state index >= 15 is 0 Å². The molecule has 0 saturated heterocycles. The molecule has 0 spiro atoms. The van der Waals surface area contributed by atoms with Gasteiger partial charge in [-0.2, -0.15) is 0 Å². The molecule has 0 fully saturated rings. The fourth-order valence-corrected chi connectivity index (χ4v) is 4.10. The van der Waals surface area contributed by atoms with Crippen LogP contribution in [0.25, 0.3) is 31.9 Å². The Morgan fingerprint density at radius 1 is 1.07 bits per heavy atom. The van der Waals surface area contributed by atoms with Crippen molar-refractivity contribution >= 4 is 44.2 Å². The molecule has 0 unspecified atom stereocenters. The van der Waals surface area contributed by atoms with Gasteiger partial charge in [-0.05, 0) is 42.8 Å². The Labute approximate surface area is 174 Å². The van der Waals surface area contributed by atoms with Crippen molar-refractivity contribution in [3.05, 3.63) is 88.4 Å². The van der Waals surface area contributed by atoms with Crippen molar-refractivity contribution < 1.29 is 9.21 Å². The zero-order valence-corrected chi connectivity index (χ0v) is 16.7. The fourth-order valence-electron chi connectivity index (χ4n) is 3.19. The van der Waals surface area contributed by atoms with Crippen LogP contribution in [0.4, 0.5) is 5.69 Å². The average molecular weight is 413 g/mol. The number of aromatic nitrogens is 2. The highest BCUT2D eigenvalue weighted by Crippen LogP contribution is 2.31. The SMILES string of the molecule is Cc1ccc(-c2nc3cccnc3s2)cc1NC(=O)c1cc2ccccc2oc1=O. The summed E-state index contributed by atoms with van der Waals surface area (Å²) in [5.41, 5.74) is 2.91. The van der Waals surface area contributed by atoms with Gasteiger partial charge in [-0.3, -0.25) is 4.79 Å². The molecule has 3 heterocycles. The molecule has 0 atom stereocenters. The van der Waals surface area contributed by atoms with Crippen LogP contribution in [0.5, 0.6) is 0 Å². The quantitative estimate of drug-likeness (QED) is 0.420. The van der Waals surface area contributed by atoms with Gasteiger partial charge in [0.15, 0.2) is 0 Å². The monoisotopic (exact) mass is 413 g/mol. The molecule has 6 nitrogen and oxygen atoms in total. The third-order valence-electron chi connectivity index (χ3n) is 4.79. The Hall–Kier alpha value is -3.84. The number of fused-ring (bicyclic) bond motifs is 2. The summed E-state index contributed by atoms with van der Waals surface area (Å²) in [6.45, 7) is 1.89. The van der Waals surface area contributed by atoms with Crippen molar-refractivity contribution in [2.24, 2.45) is 0 Å². The number of hydrogen-bond donors (Lipinski definition) is 1. The minimum atomic E-state index is -0.669. The van der Waals surface area contributed by atoms with Crippen molar-refractivity contribution in [3.8, 4) is 10.6 Å². The lowest BCUT2D eigenvalue weighted by Crippen LogP contribution is -2.21. The zero-order chi connectivity index (χ0) is 20.7. The molecule has 5 rings (SSSR count). The number of rotatable bonds is 3. The van der Waals surface area contributed by atoms with Gasteiger partial charge in [0.2, 0.25) is 0 Å². The van der Waals surface area contributed by atoms with E-state index in [1.165, 1.54) is 11.3 Å². The van der Waals surface area contributed by atoms with Gasteiger partial charge in [0, 0.05) is 22.8 Å². The van der Waals surface area contributed by atoms with Gasteiger partial charge in [-0.15, -0.1) is 0 Å². The van der Waals surface area contributed by atoms with E-state index in [1.54, 1.807) is 30.5 Å². The van der Waals surface area contributed by atoms with E-state index in [0.717, 1.165) is 26.5 Å². The molecule has 1 N–H and O–H groups in total. The first-order valence-electron chi connectivity index (χ1n) is 9.25. The van der Waals surface area contributed by atoms with Gasteiger partial charge in [-0.25, -0.2) is 14.8 Å². The number of thiazole rings is 1. The van der Waals surface area contributed by atoms with Crippen LogP contribution in [0.3, 0.4) is 0 Å². The van der Waals surface area contributed by atoms with Crippen LogP contribution in [0.15, 0.2) is 76.1 Å². The molecule has 146 valence electrons. The van der Waals surface area contributed by atoms with Crippen molar-refractivity contribution in [3.63, 3.8) is 0 Å². The maximum Gasteiger partial charge on any atom is 0.349 e. The van der Waals surface area contributed by atoms with Crippen LogP contribution in [0, 0.1) is 6.92 Å². The lowest BCUT2D eigenvalue weighted by Gasteiger charge is -2.10. The Morgan fingerprint density at radius 3 is 2.80 bits per heavy atom. The molecule has 0 bridgehead atoms. The molecule has 0 aliphatic carbocycles. The van der Waals surface area contributed by atoms with Crippen LogP contribution >= 0.6 is 11.3 Å². The molecule has 0 aliphatic heterocycles. The highest BCUT2D eigenvalue weighted by Gasteiger charge is 2.16. The van der Waals surface area contributed by atoms with Crippen LogP contribution in [0.1, 0.15) is 15.9 Å². The minimum absolute atomic E-state index is 0.0392. The number of anilines is 1. The molecule has 5 aromatic rings. The maximum absolute atomic E-state index is 12.8. The van der Waals surface area contributed by atoms with E-state index in [2.05, 4.69) is 15.3 Å². The van der Waals surface area contributed by atoms with Gasteiger partial charge in [0.25, 0.3) is 5.91 Å². The summed E-state index contributed by atoms with van der Waals surface area (Å²) in [6, 6.07) is 18.1. The lowest BCUT2D eigenvalue weighted by atomic mass is 10.1. The zero-order valence-electron chi connectivity index (χ0n) is 15.9. The van der Waals surface area contributed by atoms with Crippen molar-refractivity contribution in [1.29, 1.82) is 0 Å². The smallest absolute Gasteiger partial charge is 0.349 e. The van der Waals surface area contributed by atoms with E-state index < -0.39 is 11.5 Å². The number of para-hydroxylation sites is 1. The van der Waals surface area contributed by atoms with E-state index in [9.17, 15) is 9.59 Å². The number of nitrogens with zero attached hydrogens (tertiary/aromatic N) is 2. The predicted molar refractivity (Wildman–Crippen MR) is 118 cm³/mol. The van der Waals surface area contributed by atoms with Crippen LogP contribution in [-0.2, 0) is 0 Å². The minimum Gasteiger partial charge on any atom is -0.422 e. The molecule has 2 aromatic carbocycles. The first-order chi connectivity index (χ1) is 14.6. The van der Waals surface area contributed by atoms with Crippen LogP contribution in [0.2, 0.25) is 0 Å². The molecule has 30 heavy (non-hydrogen) atoms. The predicted octanol–water partition coefficient (Wildman–Crippen LogP) is 5.03. The van der Waals surface area contributed by atoms with E-state index in [4.69, 9.17) is 4.42 Å². The Kier molecular flexibility index (Phi) is 4.37. The van der Waals surface area contributed by atoms with Crippen LogP contribution < -0.4 is 10.9 Å². The number of carbonyl (C=O) groups excluding carboxylic acids is 1. The van der Waals surface area contributed by atoms with Gasteiger partial charge in [-0.1, -0.05) is 41.7 Å². The first kappa shape index (κ1) is 18.2. The van der Waals surface area contributed by atoms with Gasteiger partial charge < -0.3 is 9.73 Å². The number of aryl methyl sites for hydroxylation is 1. The van der Waals surface area contributed by atoms with Crippen molar-refractivity contribution in [1.82, 2.24) is 9.97 Å². The summed E-state index contributed by atoms with van der Waals surface area (Å²) in [5.74, 6) is -0.513. The molecule has 0 radical (unpaired) electrons. The van der Waals surface area contributed by atoms with E-state index in [-0.39, 0.29) is 5.56 Å². The summed E-state index contributed by atoms with van der Waals surface area (Å²) in [4.78, 5) is 34.9. The third-order valence-corrected chi connectivity index (χ3v) is 5.81. The van der Waals surface area contributed by atoms with Crippen LogP contribution in [-0.4, -0.2) is 15.9 Å². The Morgan fingerprint density at radius 2 is 1.93 bits per heavy atom. The molecular weight excluding hydrogens is 398 g/mol. The molecular formula is C23H15N3O3S. The summed E-state index contributed by atoms with van der Waals surface area (Å²) < 4.78 is 5.28. The Balaban J connectivity index is 1.50. The molecule has 7 heteroatoms. The highest BCUT2D eigenvalue weighted by atomic mass is 32.1.